The van der Waals surface area contributed by atoms with Gasteiger partial charge in [0.15, 0.2) is 0 Å². The largest absolute Gasteiger partial charge is 0.423 e. The van der Waals surface area contributed by atoms with Gasteiger partial charge in [-0.3, -0.25) is 0 Å². The van der Waals surface area contributed by atoms with Gasteiger partial charge in [0.05, 0.1) is 0 Å². The predicted molar refractivity (Wildman–Crippen MR) is 119 cm³/mol. The number of hydrogen-bond acceptors (Lipinski definition) is 3. The molecule has 0 spiro atoms. The molecule has 144 valence electrons. The smallest absolute Gasteiger partial charge is 0.335 e. The van der Waals surface area contributed by atoms with Gasteiger partial charge in [-0.2, -0.15) is 0 Å². The number of hydrogen-bond donors (Lipinski definition) is 0. The van der Waals surface area contributed by atoms with Crippen LogP contribution in [0.15, 0.2) is 72.8 Å². The van der Waals surface area contributed by atoms with Crippen LogP contribution < -0.4 is 4.74 Å². The summed E-state index contributed by atoms with van der Waals surface area (Å²) in [4.78, 5) is 14.5. The third kappa shape index (κ3) is 5.43. The van der Waals surface area contributed by atoms with Crippen LogP contribution in [0, 0.1) is 0 Å². The van der Waals surface area contributed by atoms with Gasteiger partial charge in [0.2, 0.25) is 0 Å². The van der Waals surface area contributed by atoms with Gasteiger partial charge < -0.3 is 4.74 Å². The number of allylic oxidation sites excluding steroid dienone is 1. The molecular formula is C25H26O2S. The third-order valence-electron chi connectivity index (χ3n) is 4.44. The van der Waals surface area contributed by atoms with E-state index in [0.717, 1.165) is 30.4 Å². The molecule has 0 saturated carbocycles. The van der Waals surface area contributed by atoms with E-state index >= 15 is 0 Å². The molecule has 0 fully saturated rings. The molecule has 0 aliphatic rings. The molecule has 0 saturated heterocycles. The maximum absolute atomic E-state index is 11.7. The van der Waals surface area contributed by atoms with Crippen LogP contribution in [0.3, 0.4) is 0 Å². The van der Waals surface area contributed by atoms with E-state index in [1.807, 2.05) is 41.7 Å². The number of carbonyl (C=O) groups is 1. The van der Waals surface area contributed by atoms with E-state index in [0.29, 0.717) is 5.75 Å². The van der Waals surface area contributed by atoms with E-state index in [9.17, 15) is 4.79 Å². The average Bonchev–Trinajstić information content (AvgIpc) is 3.18. The Bertz CT molecular complexity index is 918. The third-order valence-corrected chi connectivity index (χ3v) is 5.64. The normalized spacial score (nSPS) is 11.1. The zero-order chi connectivity index (χ0) is 19.8. The summed E-state index contributed by atoms with van der Waals surface area (Å²) in [5.41, 5.74) is 3.50. The van der Waals surface area contributed by atoms with Crippen molar-refractivity contribution in [2.75, 3.05) is 0 Å². The first-order chi connectivity index (χ1) is 13.7. The highest BCUT2D eigenvalue weighted by Gasteiger charge is 2.05. The number of rotatable bonds is 8. The Morgan fingerprint density at radius 1 is 0.857 bits per heavy atom. The lowest BCUT2D eigenvalue weighted by Crippen LogP contribution is -2.03. The van der Waals surface area contributed by atoms with Crippen molar-refractivity contribution >= 4 is 17.3 Å². The van der Waals surface area contributed by atoms with Crippen molar-refractivity contribution in [2.24, 2.45) is 0 Å². The molecule has 3 aromatic rings. The standard InChI is InChI=1S/C25H26O2S/c1-3-5-6-8-25(26)27-22-15-13-20(14-16-22)19-9-11-21(12-10-19)24-18-17-23(28-24)7-4-2/h6,8-18H,3-5,7H2,1-2H3. The number of ether oxygens (including phenoxy) is 1. The van der Waals surface area contributed by atoms with Gasteiger partial charge in [-0.25, -0.2) is 4.79 Å². The van der Waals surface area contributed by atoms with Crippen molar-refractivity contribution in [1.29, 1.82) is 0 Å². The first-order valence-corrected chi connectivity index (χ1v) is 10.7. The molecule has 2 aromatic carbocycles. The number of thiophene rings is 1. The molecule has 28 heavy (non-hydrogen) atoms. The van der Waals surface area contributed by atoms with Gasteiger partial charge in [-0.15, -0.1) is 11.3 Å². The summed E-state index contributed by atoms with van der Waals surface area (Å²) in [6, 6.07) is 20.7. The zero-order valence-corrected chi connectivity index (χ0v) is 17.3. The molecule has 0 atom stereocenters. The Morgan fingerprint density at radius 3 is 2.14 bits per heavy atom. The zero-order valence-electron chi connectivity index (χ0n) is 16.5. The molecule has 0 aliphatic carbocycles. The maximum Gasteiger partial charge on any atom is 0.335 e. The van der Waals surface area contributed by atoms with E-state index in [-0.39, 0.29) is 5.97 Å². The fourth-order valence-corrected chi connectivity index (χ4v) is 4.07. The molecule has 0 aliphatic heterocycles. The Hall–Kier alpha value is -2.65. The molecule has 2 nitrogen and oxygen atoms in total. The molecule has 0 amide bonds. The Morgan fingerprint density at radius 2 is 1.50 bits per heavy atom. The van der Waals surface area contributed by atoms with Crippen molar-refractivity contribution in [2.45, 2.75) is 39.5 Å². The predicted octanol–water partition coefficient (Wildman–Crippen LogP) is 7.30. The first-order valence-electron chi connectivity index (χ1n) is 9.87. The highest BCUT2D eigenvalue weighted by atomic mass is 32.1. The SMILES string of the molecule is CCCC=CC(=O)Oc1ccc(-c2ccc(-c3ccc(CCC)s3)cc2)cc1. The Kier molecular flexibility index (Phi) is 7.21. The van der Waals surface area contributed by atoms with Crippen molar-refractivity contribution in [3.8, 4) is 27.3 Å². The molecule has 1 aromatic heterocycles. The van der Waals surface area contributed by atoms with E-state index in [4.69, 9.17) is 4.74 Å². The van der Waals surface area contributed by atoms with E-state index in [1.165, 1.54) is 27.8 Å². The second-order valence-electron chi connectivity index (χ2n) is 6.73. The lowest BCUT2D eigenvalue weighted by molar-refractivity contribution is -0.129. The molecule has 1 heterocycles. The van der Waals surface area contributed by atoms with Gasteiger partial charge in [-0.1, -0.05) is 69.2 Å². The molecule has 0 unspecified atom stereocenters. The van der Waals surface area contributed by atoms with Crippen molar-refractivity contribution in [1.82, 2.24) is 0 Å². The molecular weight excluding hydrogens is 364 g/mol. The fraction of sp³-hybridized carbons (Fsp3) is 0.240. The molecule has 3 heteroatoms. The minimum absolute atomic E-state index is 0.330. The molecule has 3 rings (SSSR count). The minimum atomic E-state index is -0.330. The number of aryl methyl sites for hydroxylation is 1. The van der Waals surface area contributed by atoms with Gasteiger partial charge in [0.25, 0.3) is 0 Å². The van der Waals surface area contributed by atoms with Crippen LogP contribution in [0.25, 0.3) is 21.6 Å². The highest BCUT2D eigenvalue weighted by Crippen LogP contribution is 2.31. The van der Waals surface area contributed by atoms with Crippen LogP contribution in [-0.2, 0) is 11.2 Å². The van der Waals surface area contributed by atoms with Crippen molar-refractivity contribution in [3.63, 3.8) is 0 Å². The summed E-state index contributed by atoms with van der Waals surface area (Å²) in [6.45, 7) is 4.29. The summed E-state index contributed by atoms with van der Waals surface area (Å²) in [7, 11) is 0. The van der Waals surface area contributed by atoms with Gasteiger partial charge in [0.1, 0.15) is 5.75 Å². The highest BCUT2D eigenvalue weighted by molar-refractivity contribution is 7.15. The first kappa shape index (κ1) is 20.1. The summed E-state index contributed by atoms with van der Waals surface area (Å²) >= 11 is 1.87. The quantitative estimate of drug-likeness (QED) is 0.229. The van der Waals surface area contributed by atoms with Crippen LogP contribution in [0.2, 0.25) is 0 Å². The minimum Gasteiger partial charge on any atom is -0.423 e. The van der Waals surface area contributed by atoms with Crippen molar-refractivity contribution in [3.05, 3.63) is 77.7 Å². The number of benzene rings is 2. The maximum atomic E-state index is 11.7. The van der Waals surface area contributed by atoms with E-state index in [2.05, 4.69) is 50.2 Å². The molecule has 0 radical (unpaired) electrons. The Balaban J connectivity index is 1.65. The van der Waals surface area contributed by atoms with E-state index in [1.54, 1.807) is 0 Å². The van der Waals surface area contributed by atoms with Crippen LogP contribution in [0.4, 0.5) is 0 Å². The second-order valence-corrected chi connectivity index (χ2v) is 7.90. The Labute approximate surface area is 171 Å². The topological polar surface area (TPSA) is 26.3 Å². The van der Waals surface area contributed by atoms with Crippen molar-refractivity contribution < 1.29 is 9.53 Å². The monoisotopic (exact) mass is 390 g/mol. The molecule has 0 N–H and O–H groups in total. The van der Waals surface area contributed by atoms with Crippen LogP contribution in [-0.4, -0.2) is 5.97 Å². The summed E-state index contributed by atoms with van der Waals surface area (Å²) < 4.78 is 5.33. The summed E-state index contributed by atoms with van der Waals surface area (Å²) in [5, 5.41) is 0. The van der Waals surface area contributed by atoms with E-state index < -0.39 is 0 Å². The van der Waals surface area contributed by atoms with Crippen LogP contribution in [0.5, 0.6) is 5.75 Å². The number of unbranched alkanes of at least 4 members (excludes halogenated alkanes) is 1. The lowest BCUT2D eigenvalue weighted by atomic mass is 10.0. The summed E-state index contributed by atoms with van der Waals surface area (Å²) in [5.74, 6) is 0.234. The van der Waals surface area contributed by atoms with Gasteiger partial charge in [-0.05, 0) is 53.8 Å². The fourth-order valence-electron chi connectivity index (χ4n) is 2.95. The summed E-state index contributed by atoms with van der Waals surface area (Å²) in [6.07, 6.45) is 7.57. The second kappa shape index (κ2) is 10.0. The number of carbonyl (C=O) groups excluding carboxylic acids is 1. The van der Waals surface area contributed by atoms with Gasteiger partial charge >= 0.3 is 5.97 Å². The van der Waals surface area contributed by atoms with Crippen LogP contribution in [0.1, 0.15) is 38.0 Å². The van der Waals surface area contributed by atoms with Crippen LogP contribution >= 0.6 is 11.3 Å². The number of esters is 1. The average molecular weight is 391 g/mol. The van der Waals surface area contributed by atoms with Gasteiger partial charge in [0, 0.05) is 15.8 Å². The molecule has 0 bridgehead atoms. The lowest BCUT2D eigenvalue weighted by Gasteiger charge is -2.06.